The number of carbonyl (C=O) groups excluding carboxylic acids is 1. The van der Waals surface area contributed by atoms with Crippen molar-refractivity contribution < 1.29 is 9.53 Å². The van der Waals surface area contributed by atoms with E-state index in [4.69, 9.17) is 5.73 Å². The Morgan fingerprint density at radius 2 is 2.09 bits per heavy atom. The Morgan fingerprint density at radius 1 is 1.64 bits per heavy atom. The van der Waals surface area contributed by atoms with Crippen molar-refractivity contribution in [2.75, 3.05) is 6.61 Å². The molecule has 11 heavy (non-hydrogen) atoms. The van der Waals surface area contributed by atoms with Crippen molar-refractivity contribution >= 4 is 18.7 Å². The lowest BCUT2D eigenvalue weighted by molar-refractivity contribution is 0.144. The molecule has 0 spiro atoms. The Kier molecular flexibility index (Phi) is 3.72. The molecule has 0 aliphatic heterocycles. The molecule has 0 radical (unpaired) electrons. The highest BCUT2D eigenvalue weighted by Gasteiger charge is 2.21. The molecule has 1 atom stereocenters. The fourth-order valence-electron chi connectivity index (χ4n) is 0.411. The Balaban J connectivity index is 3.70. The number of hydrogen-bond acceptors (Lipinski definition) is 3. The number of primary amides is 1. The van der Waals surface area contributed by atoms with Crippen LogP contribution >= 0.6 is 12.6 Å². The monoisotopic (exact) mass is 177 g/mol. The summed E-state index contributed by atoms with van der Waals surface area (Å²) in [6, 6.07) is 0. The zero-order chi connectivity index (χ0) is 9.07. The highest BCUT2D eigenvalue weighted by atomic mass is 32.1. The molecular weight excluding hydrogens is 162 g/mol. The van der Waals surface area contributed by atoms with Gasteiger partial charge in [0.2, 0.25) is 0 Å². The molecule has 1 unspecified atom stereocenters. The largest absolute Gasteiger partial charge is 0.449 e. The molecule has 0 saturated carbocycles. The van der Waals surface area contributed by atoms with Crippen molar-refractivity contribution in [1.29, 1.82) is 0 Å². The quantitative estimate of drug-likeness (QED) is 0.627. The van der Waals surface area contributed by atoms with Crippen LogP contribution in [0.5, 0.6) is 0 Å². The van der Waals surface area contributed by atoms with E-state index in [-0.39, 0.29) is 17.3 Å². The number of thiol groups is 1. The van der Waals surface area contributed by atoms with Gasteiger partial charge in [-0.05, 0) is 5.41 Å². The summed E-state index contributed by atoms with van der Waals surface area (Å²) < 4.78 is 4.59. The smallest absolute Gasteiger partial charge is 0.404 e. The van der Waals surface area contributed by atoms with Gasteiger partial charge in [0.1, 0.15) is 6.61 Å². The Labute approximate surface area is 72.7 Å². The molecule has 3 nitrogen and oxygen atoms in total. The van der Waals surface area contributed by atoms with Crippen LogP contribution in [0.2, 0.25) is 0 Å². The van der Waals surface area contributed by atoms with Crippen LogP contribution < -0.4 is 5.73 Å². The van der Waals surface area contributed by atoms with E-state index < -0.39 is 6.09 Å². The van der Waals surface area contributed by atoms with Gasteiger partial charge in [0, 0.05) is 5.25 Å². The maximum atomic E-state index is 10.2. The van der Waals surface area contributed by atoms with Crippen molar-refractivity contribution in [3.8, 4) is 0 Å². The fourth-order valence-corrected chi connectivity index (χ4v) is 0.486. The van der Waals surface area contributed by atoms with Crippen LogP contribution in [-0.4, -0.2) is 18.0 Å². The lowest BCUT2D eigenvalue weighted by atomic mass is 9.92. The van der Waals surface area contributed by atoms with E-state index in [2.05, 4.69) is 17.4 Å². The van der Waals surface area contributed by atoms with Gasteiger partial charge in [-0.25, -0.2) is 4.79 Å². The first-order valence-electron chi connectivity index (χ1n) is 3.44. The summed E-state index contributed by atoms with van der Waals surface area (Å²) in [5.74, 6) is 0. The molecule has 0 saturated heterocycles. The fraction of sp³-hybridized carbons (Fsp3) is 0.857. The zero-order valence-corrected chi connectivity index (χ0v) is 8.02. The van der Waals surface area contributed by atoms with Crippen molar-refractivity contribution in [1.82, 2.24) is 0 Å². The second-order valence-electron chi connectivity index (χ2n) is 3.51. The normalized spacial score (nSPS) is 14.2. The summed E-state index contributed by atoms with van der Waals surface area (Å²) in [4.78, 5) is 10.2. The van der Waals surface area contributed by atoms with Gasteiger partial charge >= 0.3 is 6.09 Å². The molecule has 0 heterocycles. The van der Waals surface area contributed by atoms with Gasteiger partial charge in [-0.2, -0.15) is 12.6 Å². The number of amides is 1. The minimum atomic E-state index is -0.742. The van der Waals surface area contributed by atoms with E-state index in [0.717, 1.165) is 0 Å². The first-order chi connectivity index (χ1) is 4.84. The van der Waals surface area contributed by atoms with Crippen LogP contribution in [0.3, 0.4) is 0 Å². The van der Waals surface area contributed by atoms with Gasteiger partial charge < -0.3 is 10.5 Å². The third-order valence-electron chi connectivity index (χ3n) is 1.38. The van der Waals surface area contributed by atoms with Gasteiger partial charge in [0.15, 0.2) is 0 Å². The van der Waals surface area contributed by atoms with E-state index in [1.807, 2.05) is 20.8 Å². The first kappa shape index (κ1) is 10.6. The van der Waals surface area contributed by atoms with E-state index in [9.17, 15) is 4.79 Å². The van der Waals surface area contributed by atoms with Crippen molar-refractivity contribution in [3.05, 3.63) is 0 Å². The van der Waals surface area contributed by atoms with Crippen LogP contribution in [0.4, 0.5) is 4.79 Å². The molecular formula is C7H15NO2S. The van der Waals surface area contributed by atoms with Crippen molar-refractivity contribution in [2.45, 2.75) is 26.0 Å². The molecule has 66 valence electrons. The van der Waals surface area contributed by atoms with Crippen LogP contribution in [0, 0.1) is 5.41 Å². The Morgan fingerprint density at radius 3 is 2.36 bits per heavy atom. The van der Waals surface area contributed by atoms with Crippen LogP contribution in [0.1, 0.15) is 20.8 Å². The van der Waals surface area contributed by atoms with Gasteiger partial charge in [-0.3, -0.25) is 0 Å². The van der Waals surface area contributed by atoms with Gasteiger partial charge in [0.05, 0.1) is 0 Å². The predicted octanol–water partition coefficient (Wildman–Crippen LogP) is 1.43. The van der Waals surface area contributed by atoms with Gasteiger partial charge in [-0.15, -0.1) is 0 Å². The molecule has 4 heteroatoms. The summed E-state index contributed by atoms with van der Waals surface area (Å²) >= 11 is 4.25. The molecule has 1 amide bonds. The molecule has 0 aliphatic rings. The summed E-state index contributed by atoms with van der Waals surface area (Å²) in [5.41, 5.74) is 4.82. The van der Waals surface area contributed by atoms with Crippen LogP contribution in [-0.2, 0) is 4.74 Å². The summed E-state index contributed by atoms with van der Waals surface area (Å²) in [7, 11) is 0. The highest BCUT2D eigenvalue weighted by Crippen LogP contribution is 2.23. The summed E-state index contributed by atoms with van der Waals surface area (Å²) in [6.45, 7) is 6.33. The van der Waals surface area contributed by atoms with E-state index in [1.165, 1.54) is 0 Å². The number of carbonyl (C=O) groups is 1. The minimum Gasteiger partial charge on any atom is -0.449 e. The van der Waals surface area contributed by atoms with Crippen molar-refractivity contribution in [2.24, 2.45) is 11.1 Å². The average Bonchev–Trinajstić information content (AvgIpc) is 1.80. The van der Waals surface area contributed by atoms with Crippen LogP contribution in [0.25, 0.3) is 0 Å². The zero-order valence-electron chi connectivity index (χ0n) is 7.13. The summed E-state index contributed by atoms with van der Waals surface area (Å²) in [5, 5.41) is 0.0231. The topological polar surface area (TPSA) is 52.3 Å². The predicted molar refractivity (Wildman–Crippen MR) is 47.8 cm³/mol. The highest BCUT2D eigenvalue weighted by molar-refractivity contribution is 7.81. The third-order valence-corrected chi connectivity index (χ3v) is 2.31. The molecule has 0 fully saturated rings. The lowest BCUT2D eigenvalue weighted by Gasteiger charge is -2.25. The maximum absolute atomic E-state index is 10.2. The van der Waals surface area contributed by atoms with Gasteiger partial charge in [-0.1, -0.05) is 20.8 Å². The molecule has 0 aliphatic carbocycles. The maximum Gasteiger partial charge on any atom is 0.404 e. The Bertz CT molecular complexity index is 142. The second kappa shape index (κ2) is 3.85. The average molecular weight is 177 g/mol. The van der Waals surface area contributed by atoms with Crippen LogP contribution in [0.15, 0.2) is 0 Å². The van der Waals surface area contributed by atoms with E-state index in [0.29, 0.717) is 0 Å². The van der Waals surface area contributed by atoms with E-state index in [1.54, 1.807) is 0 Å². The van der Waals surface area contributed by atoms with Crippen molar-refractivity contribution in [3.63, 3.8) is 0 Å². The third kappa shape index (κ3) is 4.95. The Hall–Kier alpha value is -0.380. The molecule has 0 aromatic heterocycles. The lowest BCUT2D eigenvalue weighted by Crippen LogP contribution is -2.28. The van der Waals surface area contributed by atoms with E-state index >= 15 is 0 Å². The molecule has 0 bridgehead atoms. The molecule has 0 rings (SSSR count). The number of hydrogen-bond donors (Lipinski definition) is 2. The summed E-state index contributed by atoms with van der Waals surface area (Å²) in [6.07, 6.45) is -0.742. The molecule has 2 N–H and O–H groups in total. The second-order valence-corrected chi connectivity index (χ2v) is 4.14. The van der Waals surface area contributed by atoms with Gasteiger partial charge in [0.25, 0.3) is 0 Å². The minimum absolute atomic E-state index is 0.0231. The molecule has 0 aromatic carbocycles. The SMILES string of the molecule is CC(C)(C)C(S)COC(N)=O. The standard InChI is InChI=1S/C7H15NO2S/c1-7(2,3)5(11)4-10-6(8)9/h5,11H,4H2,1-3H3,(H2,8,9). The number of rotatable bonds is 2. The first-order valence-corrected chi connectivity index (χ1v) is 3.96. The molecule has 0 aromatic rings. The number of ether oxygens (including phenoxy) is 1. The number of nitrogens with two attached hydrogens (primary N) is 1.